The molecule has 2 aliphatic carbocycles. The van der Waals surface area contributed by atoms with Gasteiger partial charge in [-0.15, -0.1) is 0 Å². The minimum Gasteiger partial charge on any atom is -0.393 e. The molecule has 2 rings (SSSR count). The Morgan fingerprint density at radius 2 is 0.812 bits per heavy atom. The van der Waals surface area contributed by atoms with Crippen LogP contribution in [0.15, 0.2) is 0 Å². The Labute approximate surface area is 98.0 Å². The first-order valence-corrected chi connectivity index (χ1v) is 6.45. The molecule has 0 aromatic rings. The quantitative estimate of drug-likeness (QED) is 0.487. The summed E-state index contributed by atoms with van der Waals surface area (Å²) in [6.07, 6.45) is 7.50. The van der Waals surface area contributed by atoms with Gasteiger partial charge in [-0.05, 0) is 51.4 Å². The van der Waals surface area contributed by atoms with E-state index in [1.807, 2.05) is 0 Å². The normalized spacial score (nSPS) is 39.8. The average Bonchev–Trinajstić information content (AvgIpc) is 2.28. The van der Waals surface area contributed by atoms with Gasteiger partial charge < -0.3 is 21.7 Å². The Balaban J connectivity index is 0.000000160. The highest BCUT2D eigenvalue weighted by Crippen LogP contribution is 2.16. The van der Waals surface area contributed by atoms with Crippen LogP contribution in [0.3, 0.4) is 0 Å². The van der Waals surface area contributed by atoms with E-state index in [0.29, 0.717) is 12.1 Å². The summed E-state index contributed by atoms with van der Waals surface area (Å²) in [5.41, 5.74) is 11.2. The standard InChI is InChI=1S/2C6H13NO/c2*7-5-1-3-6(8)4-2-5/h2*5-6,8H,1-4,7H2. The van der Waals surface area contributed by atoms with Gasteiger partial charge in [-0.25, -0.2) is 0 Å². The Kier molecular flexibility index (Phi) is 6.28. The van der Waals surface area contributed by atoms with Crippen molar-refractivity contribution >= 4 is 0 Å². The zero-order valence-corrected chi connectivity index (χ0v) is 10.0. The van der Waals surface area contributed by atoms with Crippen molar-refractivity contribution in [3.05, 3.63) is 0 Å². The maximum Gasteiger partial charge on any atom is 0.0541 e. The molecule has 0 radical (unpaired) electrons. The molecule has 0 amide bonds. The third kappa shape index (κ3) is 5.80. The molecule has 4 heteroatoms. The van der Waals surface area contributed by atoms with Gasteiger partial charge in [0.1, 0.15) is 0 Å². The highest BCUT2D eigenvalue weighted by Gasteiger charge is 2.15. The molecule has 0 saturated heterocycles. The van der Waals surface area contributed by atoms with Crippen LogP contribution in [-0.2, 0) is 0 Å². The fourth-order valence-corrected chi connectivity index (χ4v) is 2.20. The minimum atomic E-state index is -0.0604. The SMILES string of the molecule is NC1CCC(O)CC1.NC1CCC(O)CC1. The average molecular weight is 230 g/mol. The van der Waals surface area contributed by atoms with Crippen LogP contribution in [0.5, 0.6) is 0 Å². The number of rotatable bonds is 0. The van der Waals surface area contributed by atoms with Crippen LogP contribution in [0.4, 0.5) is 0 Å². The number of hydrogen-bond acceptors (Lipinski definition) is 4. The van der Waals surface area contributed by atoms with Crippen LogP contribution in [0, 0.1) is 0 Å². The molecule has 6 N–H and O–H groups in total. The highest BCUT2D eigenvalue weighted by atomic mass is 16.3. The van der Waals surface area contributed by atoms with Crippen molar-refractivity contribution < 1.29 is 10.2 Å². The molecule has 16 heavy (non-hydrogen) atoms. The van der Waals surface area contributed by atoms with E-state index in [4.69, 9.17) is 21.7 Å². The summed E-state index contributed by atoms with van der Waals surface area (Å²) in [6.45, 7) is 0. The lowest BCUT2D eigenvalue weighted by Crippen LogP contribution is -2.28. The predicted molar refractivity (Wildman–Crippen MR) is 64.9 cm³/mol. The molecule has 0 heterocycles. The van der Waals surface area contributed by atoms with Crippen LogP contribution in [0.1, 0.15) is 51.4 Å². The molecule has 0 aliphatic heterocycles. The zero-order valence-electron chi connectivity index (χ0n) is 10.0. The first-order valence-electron chi connectivity index (χ1n) is 6.45. The highest BCUT2D eigenvalue weighted by molar-refractivity contribution is 4.73. The van der Waals surface area contributed by atoms with Gasteiger partial charge in [0, 0.05) is 12.1 Å². The maximum absolute atomic E-state index is 8.97. The Bertz CT molecular complexity index is 134. The third-order valence-electron chi connectivity index (χ3n) is 3.48. The second-order valence-corrected chi connectivity index (χ2v) is 5.14. The lowest BCUT2D eigenvalue weighted by Gasteiger charge is -2.21. The Morgan fingerprint density at radius 3 is 1.00 bits per heavy atom. The molecule has 0 aromatic heterocycles. The number of nitrogens with two attached hydrogens (primary N) is 2. The van der Waals surface area contributed by atoms with Gasteiger partial charge in [0.05, 0.1) is 12.2 Å². The van der Waals surface area contributed by atoms with Gasteiger partial charge >= 0.3 is 0 Å². The van der Waals surface area contributed by atoms with Crippen LogP contribution < -0.4 is 11.5 Å². The van der Waals surface area contributed by atoms with E-state index in [1.54, 1.807) is 0 Å². The smallest absolute Gasteiger partial charge is 0.0541 e. The topological polar surface area (TPSA) is 92.5 Å². The van der Waals surface area contributed by atoms with Gasteiger partial charge in [-0.3, -0.25) is 0 Å². The van der Waals surface area contributed by atoms with Crippen molar-refractivity contribution in [1.29, 1.82) is 0 Å². The van der Waals surface area contributed by atoms with Crippen molar-refractivity contribution in [1.82, 2.24) is 0 Å². The van der Waals surface area contributed by atoms with E-state index in [9.17, 15) is 0 Å². The van der Waals surface area contributed by atoms with Gasteiger partial charge in [-0.2, -0.15) is 0 Å². The van der Waals surface area contributed by atoms with Crippen LogP contribution in [-0.4, -0.2) is 34.5 Å². The molecule has 0 spiro atoms. The Morgan fingerprint density at radius 1 is 0.562 bits per heavy atom. The summed E-state index contributed by atoms with van der Waals surface area (Å²) in [4.78, 5) is 0. The van der Waals surface area contributed by atoms with E-state index >= 15 is 0 Å². The first kappa shape index (κ1) is 13.9. The lowest BCUT2D eigenvalue weighted by atomic mass is 9.94. The fourth-order valence-electron chi connectivity index (χ4n) is 2.20. The lowest BCUT2D eigenvalue weighted by molar-refractivity contribution is 0.123. The van der Waals surface area contributed by atoms with Crippen LogP contribution in [0.25, 0.3) is 0 Å². The summed E-state index contributed by atoms with van der Waals surface area (Å²) in [7, 11) is 0. The van der Waals surface area contributed by atoms with Crippen molar-refractivity contribution in [2.75, 3.05) is 0 Å². The van der Waals surface area contributed by atoms with Crippen molar-refractivity contribution in [2.45, 2.75) is 75.7 Å². The number of aliphatic hydroxyl groups is 2. The first-order chi connectivity index (χ1) is 7.58. The van der Waals surface area contributed by atoms with Crippen LogP contribution >= 0.6 is 0 Å². The molecular weight excluding hydrogens is 204 g/mol. The van der Waals surface area contributed by atoms with Gasteiger partial charge in [0.2, 0.25) is 0 Å². The second-order valence-electron chi connectivity index (χ2n) is 5.14. The van der Waals surface area contributed by atoms with E-state index in [0.717, 1.165) is 51.4 Å². The summed E-state index contributed by atoms with van der Waals surface area (Å²) < 4.78 is 0. The van der Waals surface area contributed by atoms with Crippen LogP contribution in [0.2, 0.25) is 0 Å². The predicted octanol–water partition coefficient (Wildman–Crippen LogP) is 0.497. The molecule has 0 atom stereocenters. The molecule has 0 aromatic carbocycles. The molecule has 2 fully saturated rings. The van der Waals surface area contributed by atoms with E-state index in [2.05, 4.69) is 0 Å². The van der Waals surface area contributed by atoms with Gasteiger partial charge in [0.15, 0.2) is 0 Å². The minimum absolute atomic E-state index is 0.0604. The molecule has 2 saturated carbocycles. The monoisotopic (exact) mass is 230 g/mol. The van der Waals surface area contributed by atoms with E-state index < -0.39 is 0 Å². The van der Waals surface area contributed by atoms with E-state index in [-0.39, 0.29) is 12.2 Å². The van der Waals surface area contributed by atoms with Gasteiger partial charge in [-0.1, -0.05) is 0 Å². The van der Waals surface area contributed by atoms with Crippen molar-refractivity contribution in [2.24, 2.45) is 11.5 Å². The van der Waals surface area contributed by atoms with Crippen molar-refractivity contribution in [3.8, 4) is 0 Å². The summed E-state index contributed by atoms with van der Waals surface area (Å²) >= 11 is 0. The molecule has 0 bridgehead atoms. The Hall–Kier alpha value is -0.160. The zero-order chi connectivity index (χ0) is 12.0. The fraction of sp³-hybridized carbons (Fsp3) is 1.00. The third-order valence-corrected chi connectivity index (χ3v) is 3.48. The largest absolute Gasteiger partial charge is 0.393 e. The summed E-state index contributed by atoms with van der Waals surface area (Å²) in [6, 6.07) is 0.719. The second kappa shape index (κ2) is 7.22. The summed E-state index contributed by atoms with van der Waals surface area (Å²) in [5, 5.41) is 17.9. The number of aliphatic hydroxyl groups excluding tert-OH is 2. The molecule has 0 unspecified atom stereocenters. The molecular formula is C12H26N2O2. The summed E-state index contributed by atoms with van der Waals surface area (Å²) in [5.74, 6) is 0. The molecule has 96 valence electrons. The van der Waals surface area contributed by atoms with Crippen molar-refractivity contribution in [3.63, 3.8) is 0 Å². The number of hydrogen-bond donors (Lipinski definition) is 4. The molecule has 2 aliphatic rings. The van der Waals surface area contributed by atoms with E-state index in [1.165, 1.54) is 0 Å². The van der Waals surface area contributed by atoms with Gasteiger partial charge in [0.25, 0.3) is 0 Å². The maximum atomic E-state index is 8.97. The molecule has 4 nitrogen and oxygen atoms in total.